The van der Waals surface area contributed by atoms with Gasteiger partial charge in [-0.3, -0.25) is 19.4 Å². The summed E-state index contributed by atoms with van der Waals surface area (Å²) in [6, 6.07) is 2.41. The number of carbonyl (C=O) groups is 2. The number of hydrogen-bond acceptors (Lipinski definition) is 5. The number of hydrogen-bond donors (Lipinski definition) is 1. The molecule has 3 rings (SSSR count). The number of nitrogens with zero attached hydrogens (tertiary/aromatic N) is 3. The van der Waals surface area contributed by atoms with Crippen LogP contribution < -0.4 is 5.32 Å². The van der Waals surface area contributed by atoms with E-state index in [1.807, 2.05) is 19.9 Å². The fourth-order valence-corrected chi connectivity index (χ4v) is 3.71. The Morgan fingerprint density at radius 1 is 1.11 bits per heavy atom. The first kappa shape index (κ1) is 20.0. The Balaban J connectivity index is 1.47. The molecular formula is C20H32N4O3. The summed E-state index contributed by atoms with van der Waals surface area (Å²) in [5.41, 5.74) is 2.93. The van der Waals surface area contributed by atoms with Gasteiger partial charge in [0.15, 0.2) is 5.78 Å². The first-order valence-corrected chi connectivity index (χ1v) is 9.91. The van der Waals surface area contributed by atoms with Gasteiger partial charge in [0.25, 0.3) is 0 Å². The van der Waals surface area contributed by atoms with Crippen LogP contribution in [0.1, 0.15) is 34.6 Å². The van der Waals surface area contributed by atoms with Crippen LogP contribution >= 0.6 is 0 Å². The number of aromatic nitrogens is 1. The standard InChI is InChI=1S/C20H32N4O3/c1-15-12-18(16(2)24(15)10-11-27-3)19(25)13-22-6-8-23(9-7-22)14-20(26)21-17-4-5-17/h12,17H,4-11,13-14H2,1-3H3,(H,21,26). The number of carbonyl (C=O) groups excluding carboxylic acids is 2. The number of amides is 1. The van der Waals surface area contributed by atoms with Gasteiger partial charge in [-0.15, -0.1) is 0 Å². The Bertz CT molecular complexity index is 673. The molecule has 2 fully saturated rings. The zero-order valence-electron chi connectivity index (χ0n) is 16.8. The summed E-state index contributed by atoms with van der Waals surface area (Å²) in [6.07, 6.45) is 2.24. The summed E-state index contributed by atoms with van der Waals surface area (Å²) in [4.78, 5) is 29.1. The molecule has 1 N–H and O–H groups in total. The largest absolute Gasteiger partial charge is 0.383 e. The molecule has 1 aliphatic carbocycles. The lowest BCUT2D eigenvalue weighted by Crippen LogP contribution is -2.50. The lowest BCUT2D eigenvalue weighted by atomic mass is 10.1. The minimum atomic E-state index is 0.130. The number of ketones is 1. The van der Waals surface area contributed by atoms with E-state index in [2.05, 4.69) is 19.7 Å². The van der Waals surface area contributed by atoms with Crippen LogP contribution in [0.2, 0.25) is 0 Å². The molecule has 27 heavy (non-hydrogen) atoms. The van der Waals surface area contributed by atoms with Crippen molar-refractivity contribution in [3.05, 3.63) is 23.0 Å². The molecule has 150 valence electrons. The van der Waals surface area contributed by atoms with Crippen molar-refractivity contribution < 1.29 is 14.3 Å². The van der Waals surface area contributed by atoms with E-state index in [0.29, 0.717) is 25.7 Å². The molecule has 1 saturated heterocycles. The highest BCUT2D eigenvalue weighted by molar-refractivity contribution is 5.99. The Kier molecular flexibility index (Phi) is 6.68. The lowest BCUT2D eigenvalue weighted by Gasteiger charge is -2.33. The van der Waals surface area contributed by atoms with Gasteiger partial charge in [-0.1, -0.05) is 0 Å². The lowest BCUT2D eigenvalue weighted by molar-refractivity contribution is -0.122. The van der Waals surface area contributed by atoms with Crippen LogP contribution in [0.15, 0.2) is 6.07 Å². The second-order valence-corrected chi connectivity index (χ2v) is 7.75. The van der Waals surface area contributed by atoms with E-state index in [-0.39, 0.29) is 11.7 Å². The highest BCUT2D eigenvalue weighted by Gasteiger charge is 2.26. The monoisotopic (exact) mass is 376 g/mol. The van der Waals surface area contributed by atoms with E-state index in [1.165, 1.54) is 0 Å². The zero-order chi connectivity index (χ0) is 19.4. The van der Waals surface area contributed by atoms with E-state index in [0.717, 1.165) is 62.5 Å². The summed E-state index contributed by atoms with van der Waals surface area (Å²) in [5.74, 6) is 0.303. The number of Topliss-reactive ketones (excluding diaryl/α,β-unsaturated/α-hetero) is 1. The molecule has 1 saturated carbocycles. The van der Waals surface area contributed by atoms with Crippen LogP contribution in [0.5, 0.6) is 0 Å². The molecule has 0 bridgehead atoms. The quantitative estimate of drug-likeness (QED) is 0.647. The fraction of sp³-hybridized carbons (Fsp3) is 0.700. The molecule has 0 unspecified atom stereocenters. The molecule has 0 radical (unpaired) electrons. The van der Waals surface area contributed by atoms with Gasteiger partial charge in [0.05, 0.1) is 19.7 Å². The maximum atomic E-state index is 12.8. The average molecular weight is 377 g/mol. The highest BCUT2D eigenvalue weighted by atomic mass is 16.5. The number of methoxy groups -OCH3 is 1. The Hall–Kier alpha value is -1.70. The summed E-state index contributed by atoms with van der Waals surface area (Å²) in [7, 11) is 1.69. The Labute approximate surface area is 161 Å². The predicted molar refractivity (Wildman–Crippen MR) is 104 cm³/mol. The molecule has 7 heteroatoms. The topological polar surface area (TPSA) is 66.8 Å². The smallest absolute Gasteiger partial charge is 0.234 e. The number of rotatable bonds is 9. The normalized spacial score (nSPS) is 18.6. The van der Waals surface area contributed by atoms with Gasteiger partial charge in [-0.25, -0.2) is 0 Å². The second kappa shape index (κ2) is 8.99. The first-order valence-electron chi connectivity index (χ1n) is 9.91. The van der Waals surface area contributed by atoms with Crippen molar-refractivity contribution in [2.45, 2.75) is 39.3 Å². The van der Waals surface area contributed by atoms with E-state index < -0.39 is 0 Å². The number of ether oxygens (including phenoxy) is 1. The minimum absolute atomic E-state index is 0.130. The summed E-state index contributed by atoms with van der Waals surface area (Å²) in [5, 5.41) is 3.03. The van der Waals surface area contributed by atoms with Crippen molar-refractivity contribution in [2.24, 2.45) is 0 Å². The SMILES string of the molecule is COCCn1c(C)cc(C(=O)CN2CCN(CC(=O)NC3CC3)CC2)c1C. The van der Waals surface area contributed by atoms with Gasteiger partial charge in [0.1, 0.15) is 0 Å². The Morgan fingerprint density at radius 3 is 2.33 bits per heavy atom. The maximum absolute atomic E-state index is 12.8. The third-order valence-corrected chi connectivity index (χ3v) is 5.53. The molecule has 0 aromatic carbocycles. The third-order valence-electron chi connectivity index (χ3n) is 5.53. The summed E-state index contributed by atoms with van der Waals surface area (Å²) < 4.78 is 7.31. The average Bonchev–Trinajstić information content (AvgIpc) is 3.40. The molecule has 0 atom stereocenters. The second-order valence-electron chi connectivity index (χ2n) is 7.75. The molecule has 2 aliphatic rings. The van der Waals surface area contributed by atoms with Crippen molar-refractivity contribution in [2.75, 3.05) is 53.0 Å². The van der Waals surface area contributed by atoms with Gasteiger partial charge in [-0.2, -0.15) is 0 Å². The van der Waals surface area contributed by atoms with Crippen molar-refractivity contribution in [3.8, 4) is 0 Å². The van der Waals surface area contributed by atoms with Crippen LogP contribution in [0.4, 0.5) is 0 Å². The highest BCUT2D eigenvalue weighted by Crippen LogP contribution is 2.19. The molecule has 0 spiro atoms. The van der Waals surface area contributed by atoms with Gasteiger partial charge in [0, 0.05) is 62.8 Å². The molecular weight excluding hydrogens is 344 g/mol. The predicted octanol–water partition coefficient (Wildman–Crippen LogP) is 0.830. The maximum Gasteiger partial charge on any atom is 0.234 e. The number of piperazine rings is 1. The van der Waals surface area contributed by atoms with E-state index >= 15 is 0 Å². The molecule has 1 aromatic rings. The van der Waals surface area contributed by atoms with Gasteiger partial charge in [-0.05, 0) is 32.8 Å². The minimum Gasteiger partial charge on any atom is -0.383 e. The van der Waals surface area contributed by atoms with Crippen molar-refractivity contribution >= 4 is 11.7 Å². The van der Waals surface area contributed by atoms with E-state index in [1.54, 1.807) is 7.11 Å². The van der Waals surface area contributed by atoms with Crippen molar-refractivity contribution in [1.29, 1.82) is 0 Å². The van der Waals surface area contributed by atoms with E-state index in [4.69, 9.17) is 4.74 Å². The van der Waals surface area contributed by atoms with Crippen LogP contribution in [-0.2, 0) is 16.1 Å². The van der Waals surface area contributed by atoms with Crippen molar-refractivity contribution in [3.63, 3.8) is 0 Å². The molecule has 7 nitrogen and oxygen atoms in total. The van der Waals surface area contributed by atoms with Gasteiger partial charge < -0.3 is 14.6 Å². The molecule has 2 heterocycles. The summed E-state index contributed by atoms with van der Waals surface area (Å²) in [6.45, 7) is 9.67. The van der Waals surface area contributed by atoms with Crippen LogP contribution in [0, 0.1) is 13.8 Å². The fourth-order valence-electron chi connectivity index (χ4n) is 3.71. The van der Waals surface area contributed by atoms with Gasteiger partial charge in [0.2, 0.25) is 5.91 Å². The van der Waals surface area contributed by atoms with Gasteiger partial charge >= 0.3 is 0 Å². The molecule has 1 amide bonds. The van der Waals surface area contributed by atoms with E-state index in [9.17, 15) is 9.59 Å². The third kappa shape index (κ3) is 5.40. The first-order chi connectivity index (χ1) is 13.0. The summed E-state index contributed by atoms with van der Waals surface area (Å²) >= 11 is 0. The number of nitrogens with one attached hydrogen (secondary N) is 1. The molecule has 1 aromatic heterocycles. The number of aryl methyl sites for hydroxylation is 1. The van der Waals surface area contributed by atoms with Crippen LogP contribution in [0.3, 0.4) is 0 Å². The zero-order valence-corrected chi connectivity index (χ0v) is 16.8. The van der Waals surface area contributed by atoms with Crippen molar-refractivity contribution in [1.82, 2.24) is 19.7 Å². The van der Waals surface area contributed by atoms with Crippen LogP contribution in [-0.4, -0.2) is 85.1 Å². The Morgan fingerprint density at radius 2 is 1.74 bits per heavy atom. The molecule has 1 aliphatic heterocycles. The van der Waals surface area contributed by atoms with Crippen LogP contribution in [0.25, 0.3) is 0 Å².